The summed E-state index contributed by atoms with van der Waals surface area (Å²) in [6, 6.07) is 3.84. The molecule has 1 heterocycles. The van der Waals surface area contributed by atoms with E-state index in [1.54, 1.807) is 4.90 Å². The van der Waals surface area contributed by atoms with Crippen LogP contribution in [0.4, 0.5) is 11.4 Å². The quantitative estimate of drug-likeness (QED) is 0.639. The zero-order valence-corrected chi connectivity index (χ0v) is 12.1. The first-order valence-corrected chi connectivity index (χ1v) is 6.65. The summed E-state index contributed by atoms with van der Waals surface area (Å²) in [7, 11) is 0. The molecule has 0 saturated heterocycles. The van der Waals surface area contributed by atoms with Crippen LogP contribution in [-0.2, 0) is 10.2 Å². The number of nitrogens with zero attached hydrogens (tertiary/aromatic N) is 1. The number of anilines is 2. The third-order valence-electron chi connectivity index (χ3n) is 3.07. The minimum Gasteiger partial charge on any atom is -0.397 e. The van der Waals surface area contributed by atoms with E-state index in [4.69, 9.17) is 17.3 Å². The highest BCUT2D eigenvalue weighted by Crippen LogP contribution is 2.45. The molecule has 1 amide bonds. The minimum atomic E-state index is -0.104. The molecule has 0 spiro atoms. The lowest BCUT2D eigenvalue weighted by Gasteiger charge is -2.20. The Hall–Kier alpha value is -0.740. The molecule has 2 rings (SSSR count). The number of carbonyl (C=O) groups excluding carboxylic acids is 1. The molecule has 0 bridgehead atoms. The van der Waals surface area contributed by atoms with Gasteiger partial charge in [-0.3, -0.25) is 4.79 Å². The fourth-order valence-electron chi connectivity index (χ4n) is 2.28. The van der Waals surface area contributed by atoms with Crippen LogP contribution in [0.1, 0.15) is 19.4 Å². The van der Waals surface area contributed by atoms with Gasteiger partial charge in [-0.25, -0.2) is 0 Å². The summed E-state index contributed by atoms with van der Waals surface area (Å²) in [5.74, 6) is -0.127. The zero-order chi connectivity index (χ0) is 12.8. The predicted molar refractivity (Wildman–Crippen MR) is 74.7 cm³/mol. The summed E-state index contributed by atoms with van der Waals surface area (Å²) in [4.78, 5) is 13.5. The average molecular weight is 318 g/mol. The second-order valence-electron chi connectivity index (χ2n) is 4.89. The normalized spacial score (nSPS) is 17.1. The van der Waals surface area contributed by atoms with Crippen LogP contribution in [0.5, 0.6) is 0 Å². The first-order valence-electron chi connectivity index (χ1n) is 5.32. The molecule has 5 heteroatoms. The number of nitrogens with two attached hydrogens (primary N) is 1. The SMILES string of the molecule is CC1(C)CN(C(=O)CCl)c2c(N)cc(Br)cc21. The summed E-state index contributed by atoms with van der Waals surface area (Å²) >= 11 is 9.07. The third-order valence-corrected chi connectivity index (χ3v) is 3.76. The maximum atomic E-state index is 11.8. The van der Waals surface area contributed by atoms with Crippen molar-refractivity contribution < 1.29 is 4.79 Å². The van der Waals surface area contributed by atoms with E-state index in [1.807, 2.05) is 12.1 Å². The van der Waals surface area contributed by atoms with Crippen molar-refractivity contribution >= 4 is 44.8 Å². The van der Waals surface area contributed by atoms with Crippen molar-refractivity contribution in [2.24, 2.45) is 0 Å². The Labute approximate surface area is 114 Å². The Morgan fingerprint density at radius 2 is 2.24 bits per heavy atom. The summed E-state index contributed by atoms with van der Waals surface area (Å²) < 4.78 is 0.932. The van der Waals surface area contributed by atoms with Crippen molar-refractivity contribution in [3.8, 4) is 0 Å². The molecule has 92 valence electrons. The molecule has 17 heavy (non-hydrogen) atoms. The smallest absolute Gasteiger partial charge is 0.242 e. The molecule has 1 aliphatic rings. The number of hydrogen-bond donors (Lipinski definition) is 1. The van der Waals surface area contributed by atoms with E-state index in [2.05, 4.69) is 29.8 Å². The Bertz CT molecular complexity index is 488. The maximum absolute atomic E-state index is 11.8. The molecular weight excluding hydrogens is 304 g/mol. The molecule has 0 aromatic heterocycles. The van der Waals surface area contributed by atoms with Crippen molar-refractivity contribution in [1.82, 2.24) is 0 Å². The Kier molecular flexibility index (Phi) is 3.12. The highest BCUT2D eigenvalue weighted by molar-refractivity contribution is 9.10. The second-order valence-corrected chi connectivity index (χ2v) is 6.07. The van der Waals surface area contributed by atoms with Crippen LogP contribution in [0, 0.1) is 0 Å². The number of alkyl halides is 1. The molecule has 1 aromatic rings. The lowest BCUT2D eigenvalue weighted by atomic mass is 9.87. The van der Waals surface area contributed by atoms with E-state index in [0.717, 1.165) is 15.7 Å². The van der Waals surface area contributed by atoms with Gasteiger partial charge in [-0.05, 0) is 17.7 Å². The van der Waals surface area contributed by atoms with E-state index in [0.29, 0.717) is 12.2 Å². The molecule has 0 radical (unpaired) electrons. The van der Waals surface area contributed by atoms with E-state index in [9.17, 15) is 4.79 Å². The highest BCUT2D eigenvalue weighted by atomic mass is 79.9. The highest BCUT2D eigenvalue weighted by Gasteiger charge is 2.39. The summed E-state index contributed by atoms with van der Waals surface area (Å²) in [5.41, 5.74) is 8.41. The molecule has 0 unspecified atom stereocenters. The van der Waals surface area contributed by atoms with Gasteiger partial charge in [0.2, 0.25) is 5.91 Å². The van der Waals surface area contributed by atoms with Gasteiger partial charge < -0.3 is 10.6 Å². The number of nitrogen functional groups attached to an aromatic ring is 1. The van der Waals surface area contributed by atoms with Crippen molar-refractivity contribution in [3.63, 3.8) is 0 Å². The van der Waals surface area contributed by atoms with Gasteiger partial charge in [0.05, 0.1) is 11.4 Å². The van der Waals surface area contributed by atoms with Crippen LogP contribution in [-0.4, -0.2) is 18.3 Å². The fourth-order valence-corrected chi connectivity index (χ4v) is 2.90. The minimum absolute atomic E-state index is 0.0228. The predicted octanol–water partition coefficient (Wildman–Crippen LogP) is 2.89. The van der Waals surface area contributed by atoms with Crippen molar-refractivity contribution in [1.29, 1.82) is 0 Å². The maximum Gasteiger partial charge on any atom is 0.242 e. The van der Waals surface area contributed by atoms with E-state index >= 15 is 0 Å². The molecule has 0 saturated carbocycles. The van der Waals surface area contributed by atoms with Crippen LogP contribution in [0.3, 0.4) is 0 Å². The van der Waals surface area contributed by atoms with E-state index in [1.165, 1.54) is 0 Å². The van der Waals surface area contributed by atoms with Crippen LogP contribution in [0.15, 0.2) is 16.6 Å². The van der Waals surface area contributed by atoms with Gasteiger partial charge >= 0.3 is 0 Å². The van der Waals surface area contributed by atoms with Gasteiger partial charge in [0.1, 0.15) is 5.88 Å². The zero-order valence-electron chi connectivity index (χ0n) is 9.76. The lowest BCUT2D eigenvalue weighted by Crippen LogP contribution is -2.34. The molecule has 0 fully saturated rings. The van der Waals surface area contributed by atoms with Crippen molar-refractivity contribution in [2.75, 3.05) is 23.1 Å². The Morgan fingerprint density at radius 1 is 1.59 bits per heavy atom. The summed E-state index contributed by atoms with van der Waals surface area (Å²) in [6.07, 6.45) is 0. The molecular formula is C12H14BrClN2O. The van der Waals surface area contributed by atoms with Gasteiger partial charge in [0.25, 0.3) is 0 Å². The first kappa shape index (κ1) is 12.7. The number of carbonyl (C=O) groups is 1. The molecule has 1 aliphatic heterocycles. The van der Waals surface area contributed by atoms with Gasteiger partial charge in [-0.2, -0.15) is 0 Å². The number of hydrogen-bond acceptors (Lipinski definition) is 2. The molecule has 2 N–H and O–H groups in total. The Balaban J connectivity index is 2.61. The number of rotatable bonds is 1. The number of amides is 1. The summed E-state index contributed by atoms with van der Waals surface area (Å²) in [5, 5.41) is 0. The number of halogens is 2. The number of fused-ring (bicyclic) bond motifs is 1. The molecule has 0 atom stereocenters. The fraction of sp³-hybridized carbons (Fsp3) is 0.417. The first-order chi connectivity index (χ1) is 7.86. The third kappa shape index (κ3) is 2.04. The summed E-state index contributed by atoms with van der Waals surface area (Å²) in [6.45, 7) is 4.81. The van der Waals surface area contributed by atoms with Crippen LogP contribution < -0.4 is 10.6 Å². The van der Waals surface area contributed by atoms with Crippen molar-refractivity contribution in [3.05, 3.63) is 22.2 Å². The molecule has 1 aromatic carbocycles. The lowest BCUT2D eigenvalue weighted by molar-refractivity contribution is -0.116. The van der Waals surface area contributed by atoms with Crippen LogP contribution >= 0.6 is 27.5 Å². The van der Waals surface area contributed by atoms with E-state index < -0.39 is 0 Å². The topological polar surface area (TPSA) is 46.3 Å². The van der Waals surface area contributed by atoms with Gasteiger partial charge in [-0.15, -0.1) is 11.6 Å². The average Bonchev–Trinajstić information content (AvgIpc) is 2.50. The second kappa shape index (κ2) is 4.18. The van der Waals surface area contributed by atoms with Crippen LogP contribution in [0.2, 0.25) is 0 Å². The van der Waals surface area contributed by atoms with E-state index in [-0.39, 0.29) is 17.2 Å². The molecule has 0 aliphatic carbocycles. The Morgan fingerprint density at radius 3 is 2.82 bits per heavy atom. The van der Waals surface area contributed by atoms with Crippen molar-refractivity contribution in [2.45, 2.75) is 19.3 Å². The monoisotopic (exact) mass is 316 g/mol. The van der Waals surface area contributed by atoms with Gasteiger partial charge in [0, 0.05) is 16.4 Å². The van der Waals surface area contributed by atoms with Gasteiger partial charge in [-0.1, -0.05) is 29.8 Å². The largest absolute Gasteiger partial charge is 0.397 e. The van der Waals surface area contributed by atoms with Gasteiger partial charge in [0.15, 0.2) is 0 Å². The molecule has 3 nitrogen and oxygen atoms in total. The van der Waals surface area contributed by atoms with Crippen LogP contribution in [0.25, 0.3) is 0 Å². The number of benzene rings is 1. The standard InChI is InChI=1S/C12H14BrClN2O/c1-12(2)6-16(10(17)5-14)11-8(12)3-7(13)4-9(11)15/h3-4H,5-6,15H2,1-2H3.